The molecule has 0 aromatic heterocycles. The van der Waals surface area contributed by atoms with Crippen molar-refractivity contribution in [3.63, 3.8) is 0 Å². The maximum atomic E-state index is 12.9. The number of nitrogens with one attached hydrogen (secondary N) is 2. The van der Waals surface area contributed by atoms with E-state index in [4.69, 9.17) is 4.74 Å². The average molecular weight is 410 g/mol. The molecule has 7 nitrogen and oxygen atoms in total. The molecule has 0 spiro atoms. The Kier molecular flexibility index (Phi) is 8.17. The first-order valence-corrected chi connectivity index (χ1v) is 9.56. The summed E-state index contributed by atoms with van der Waals surface area (Å²) in [5.41, 5.74) is 0.870. The van der Waals surface area contributed by atoms with E-state index in [1.165, 1.54) is 13.2 Å². The lowest BCUT2D eigenvalue weighted by Gasteiger charge is -2.18. The summed E-state index contributed by atoms with van der Waals surface area (Å²) in [6.07, 6.45) is 1.76. The highest BCUT2D eigenvalue weighted by molar-refractivity contribution is 6.07. The van der Waals surface area contributed by atoms with Crippen LogP contribution in [-0.4, -0.2) is 36.0 Å². The van der Waals surface area contributed by atoms with E-state index in [2.05, 4.69) is 10.6 Å². The number of rotatable bonds is 9. The summed E-state index contributed by atoms with van der Waals surface area (Å²) in [4.78, 5) is 37.2. The van der Waals surface area contributed by atoms with Gasteiger partial charge >= 0.3 is 5.97 Å². The van der Waals surface area contributed by atoms with Gasteiger partial charge in [-0.05, 0) is 36.1 Å². The minimum atomic E-state index is -1.13. The fourth-order valence-electron chi connectivity index (χ4n) is 2.83. The van der Waals surface area contributed by atoms with Crippen LogP contribution in [0.2, 0.25) is 0 Å². The highest BCUT2D eigenvalue weighted by atomic mass is 16.5. The maximum Gasteiger partial charge on any atom is 0.326 e. The summed E-state index contributed by atoms with van der Waals surface area (Å²) < 4.78 is 5.21. The molecule has 0 heterocycles. The summed E-state index contributed by atoms with van der Waals surface area (Å²) in [5.74, 6) is -1.93. The molecule has 158 valence electrons. The fourth-order valence-corrected chi connectivity index (χ4v) is 2.83. The van der Waals surface area contributed by atoms with Crippen LogP contribution >= 0.6 is 0 Å². The van der Waals surface area contributed by atoms with Gasteiger partial charge in [-0.3, -0.25) is 9.59 Å². The van der Waals surface area contributed by atoms with Gasteiger partial charge in [0.25, 0.3) is 11.8 Å². The van der Waals surface area contributed by atoms with Crippen LogP contribution in [0, 0.1) is 5.92 Å². The second-order valence-corrected chi connectivity index (χ2v) is 7.12. The molecule has 30 heavy (non-hydrogen) atoms. The third-order valence-electron chi connectivity index (χ3n) is 4.27. The Labute approximate surface area is 175 Å². The lowest BCUT2D eigenvalue weighted by Crippen LogP contribution is -2.45. The van der Waals surface area contributed by atoms with Crippen LogP contribution in [0.25, 0.3) is 6.08 Å². The van der Waals surface area contributed by atoms with Crippen LogP contribution in [0.4, 0.5) is 0 Å². The number of carbonyl (C=O) groups is 3. The van der Waals surface area contributed by atoms with Gasteiger partial charge in [-0.2, -0.15) is 0 Å². The molecule has 7 heteroatoms. The molecule has 2 amide bonds. The molecule has 1 atom stereocenters. The summed E-state index contributed by atoms with van der Waals surface area (Å²) in [6.45, 7) is 3.73. The van der Waals surface area contributed by atoms with Crippen LogP contribution in [0.5, 0.6) is 5.75 Å². The number of para-hydroxylation sites is 1. The number of carboxylic acid groups (broad SMARTS) is 1. The highest BCUT2D eigenvalue weighted by Gasteiger charge is 2.24. The smallest absolute Gasteiger partial charge is 0.326 e. The minimum absolute atomic E-state index is 0.0629. The third-order valence-corrected chi connectivity index (χ3v) is 4.27. The van der Waals surface area contributed by atoms with Crippen molar-refractivity contribution in [3.05, 3.63) is 71.4 Å². The van der Waals surface area contributed by atoms with Gasteiger partial charge in [0, 0.05) is 0 Å². The monoisotopic (exact) mass is 410 g/mol. The quantitative estimate of drug-likeness (QED) is 0.551. The summed E-state index contributed by atoms with van der Waals surface area (Å²) in [5, 5.41) is 14.5. The molecule has 0 aliphatic heterocycles. The molecule has 0 saturated heterocycles. The number of ether oxygens (including phenoxy) is 1. The van der Waals surface area contributed by atoms with Crippen molar-refractivity contribution in [2.75, 3.05) is 7.11 Å². The summed E-state index contributed by atoms with van der Waals surface area (Å²) in [7, 11) is 1.45. The zero-order valence-corrected chi connectivity index (χ0v) is 17.2. The van der Waals surface area contributed by atoms with Crippen molar-refractivity contribution in [1.29, 1.82) is 0 Å². The van der Waals surface area contributed by atoms with Gasteiger partial charge in [-0.1, -0.05) is 56.3 Å². The zero-order valence-electron chi connectivity index (χ0n) is 17.2. The first-order valence-electron chi connectivity index (χ1n) is 9.56. The number of methoxy groups -OCH3 is 1. The number of hydrogen-bond donors (Lipinski definition) is 3. The molecule has 0 radical (unpaired) electrons. The molecule has 0 aliphatic carbocycles. The van der Waals surface area contributed by atoms with Gasteiger partial charge in [-0.25, -0.2) is 4.79 Å². The van der Waals surface area contributed by atoms with E-state index in [0.717, 1.165) is 0 Å². The van der Waals surface area contributed by atoms with Crippen molar-refractivity contribution < 1.29 is 24.2 Å². The summed E-state index contributed by atoms with van der Waals surface area (Å²) in [6, 6.07) is 14.5. The van der Waals surface area contributed by atoms with E-state index in [1.54, 1.807) is 48.5 Å². The van der Waals surface area contributed by atoms with Crippen LogP contribution in [0.1, 0.15) is 36.2 Å². The Balaban J connectivity index is 2.33. The second kappa shape index (κ2) is 10.8. The van der Waals surface area contributed by atoms with Crippen LogP contribution in [-0.2, 0) is 9.59 Å². The van der Waals surface area contributed by atoms with Gasteiger partial charge in [0.05, 0.1) is 12.7 Å². The fraction of sp³-hybridized carbons (Fsp3) is 0.261. The minimum Gasteiger partial charge on any atom is -0.496 e. The van der Waals surface area contributed by atoms with Gasteiger partial charge < -0.3 is 20.5 Å². The molecule has 2 rings (SSSR count). The first-order chi connectivity index (χ1) is 14.3. The molecule has 0 fully saturated rings. The third kappa shape index (κ3) is 6.48. The lowest BCUT2D eigenvalue weighted by atomic mass is 10.0. The standard InChI is InChI=1S/C23H26N2O5/c1-15(2)13-19(23(28)29)25-22(27)18(14-16-9-5-4-6-10-16)24-21(26)17-11-7-8-12-20(17)30-3/h4-12,14-15,19H,13H2,1-3H3,(H,24,26)(H,25,27)(H,28,29)/b18-14+. The Bertz CT molecular complexity index is 922. The van der Waals surface area contributed by atoms with Crippen LogP contribution in [0.15, 0.2) is 60.3 Å². The zero-order chi connectivity index (χ0) is 22.1. The molecule has 2 aromatic carbocycles. The van der Waals surface area contributed by atoms with E-state index >= 15 is 0 Å². The molecule has 3 N–H and O–H groups in total. The van der Waals surface area contributed by atoms with Gasteiger partial charge in [-0.15, -0.1) is 0 Å². The van der Waals surface area contributed by atoms with Gasteiger partial charge in [0.2, 0.25) is 0 Å². The second-order valence-electron chi connectivity index (χ2n) is 7.12. The Morgan fingerprint density at radius 1 is 1.03 bits per heavy atom. The van der Waals surface area contributed by atoms with Crippen molar-refractivity contribution in [1.82, 2.24) is 10.6 Å². The number of aliphatic carboxylic acids is 1. The largest absolute Gasteiger partial charge is 0.496 e. The van der Waals surface area contributed by atoms with Gasteiger partial charge in [0.15, 0.2) is 0 Å². The van der Waals surface area contributed by atoms with E-state index in [1.807, 2.05) is 19.9 Å². The van der Waals surface area contributed by atoms with Crippen LogP contribution < -0.4 is 15.4 Å². The molecular formula is C23H26N2O5. The molecule has 0 saturated carbocycles. The van der Waals surface area contributed by atoms with Crippen molar-refractivity contribution in [3.8, 4) is 5.75 Å². The predicted molar refractivity (Wildman–Crippen MR) is 114 cm³/mol. The summed E-state index contributed by atoms with van der Waals surface area (Å²) >= 11 is 0. The molecule has 0 bridgehead atoms. The maximum absolute atomic E-state index is 12.9. The van der Waals surface area contributed by atoms with Crippen LogP contribution in [0.3, 0.4) is 0 Å². The van der Waals surface area contributed by atoms with E-state index in [-0.39, 0.29) is 23.6 Å². The predicted octanol–water partition coefficient (Wildman–Crippen LogP) is 3.08. The molecular weight excluding hydrogens is 384 g/mol. The number of benzene rings is 2. The number of carboxylic acids is 1. The van der Waals surface area contributed by atoms with E-state index < -0.39 is 23.8 Å². The number of carbonyl (C=O) groups excluding carboxylic acids is 2. The van der Waals surface area contributed by atoms with Crippen molar-refractivity contribution in [2.45, 2.75) is 26.3 Å². The number of hydrogen-bond acceptors (Lipinski definition) is 4. The lowest BCUT2D eigenvalue weighted by molar-refractivity contribution is -0.141. The van der Waals surface area contributed by atoms with E-state index in [0.29, 0.717) is 11.3 Å². The Morgan fingerprint density at radius 2 is 1.67 bits per heavy atom. The molecule has 1 unspecified atom stereocenters. The average Bonchev–Trinajstić information content (AvgIpc) is 2.72. The van der Waals surface area contributed by atoms with Crippen molar-refractivity contribution >= 4 is 23.9 Å². The van der Waals surface area contributed by atoms with Gasteiger partial charge in [0.1, 0.15) is 17.5 Å². The highest BCUT2D eigenvalue weighted by Crippen LogP contribution is 2.18. The van der Waals surface area contributed by atoms with E-state index in [9.17, 15) is 19.5 Å². The first kappa shape index (κ1) is 22.7. The topological polar surface area (TPSA) is 105 Å². The Hall–Kier alpha value is -3.61. The Morgan fingerprint density at radius 3 is 2.27 bits per heavy atom. The number of amides is 2. The SMILES string of the molecule is COc1ccccc1C(=O)N/C(=C/c1ccccc1)C(=O)NC(CC(C)C)C(=O)O. The molecule has 0 aliphatic rings. The van der Waals surface area contributed by atoms with Crippen molar-refractivity contribution in [2.24, 2.45) is 5.92 Å². The normalized spacial score (nSPS) is 12.2. The molecule has 2 aromatic rings.